The van der Waals surface area contributed by atoms with Crippen LogP contribution < -0.4 is 0 Å². The predicted molar refractivity (Wildman–Crippen MR) is 130 cm³/mol. The Bertz CT molecular complexity index is 859. The largest absolute Gasteiger partial charge is 0.508 e. The van der Waals surface area contributed by atoms with Crippen LogP contribution in [0.2, 0.25) is 0 Å². The lowest BCUT2D eigenvalue weighted by atomic mass is 9.91. The van der Waals surface area contributed by atoms with Gasteiger partial charge in [-0.05, 0) is 109 Å². The van der Waals surface area contributed by atoms with Gasteiger partial charge in [-0.3, -0.25) is 0 Å². The van der Waals surface area contributed by atoms with Crippen LogP contribution in [0.3, 0.4) is 0 Å². The van der Waals surface area contributed by atoms with E-state index in [0.717, 1.165) is 32.1 Å². The van der Waals surface area contributed by atoms with Crippen molar-refractivity contribution in [3.8, 4) is 11.5 Å². The van der Waals surface area contributed by atoms with Crippen molar-refractivity contribution < 1.29 is 25.2 Å². The summed E-state index contributed by atoms with van der Waals surface area (Å²) >= 11 is 0. The zero-order chi connectivity index (χ0) is 24.3. The van der Waals surface area contributed by atoms with Crippen molar-refractivity contribution in [2.75, 3.05) is 0 Å². The number of aryl methyl sites for hydroxylation is 2. The first-order chi connectivity index (χ1) is 14.9. The van der Waals surface area contributed by atoms with Gasteiger partial charge in [0.15, 0.2) is 0 Å². The Labute approximate surface area is 192 Å². The lowest BCUT2D eigenvalue weighted by Gasteiger charge is -2.23. The fraction of sp³-hybridized carbons (Fsp3) is 0.519. The number of aromatic hydroxyl groups is 2. The highest BCUT2D eigenvalue weighted by Crippen LogP contribution is 2.30. The molecule has 178 valence electrons. The summed E-state index contributed by atoms with van der Waals surface area (Å²) in [5.74, 6) is -0.547. The summed E-state index contributed by atoms with van der Waals surface area (Å²) in [6, 6.07) is 3.08. The third-order valence-electron chi connectivity index (χ3n) is 5.83. The minimum absolute atomic E-state index is 0.129. The molecule has 0 aromatic heterocycles. The number of allylic oxidation sites excluding steroid dienone is 5. The molecule has 0 unspecified atom stereocenters. The number of carboxylic acids is 1. The van der Waals surface area contributed by atoms with Crippen molar-refractivity contribution >= 4 is 5.97 Å². The van der Waals surface area contributed by atoms with Crippen LogP contribution in [0.25, 0.3) is 0 Å². The van der Waals surface area contributed by atoms with Crippen molar-refractivity contribution in [1.29, 1.82) is 0 Å². The third kappa shape index (κ3) is 10.7. The Kier molecular flexibility index (Phi) is 11.3. The Morgan fingerprint density at radius 1 is 0.938 bits per heavy atom. The molecule has 5 heteroatoms. The minimum atomic E-state index is -0.862. The van der Waals surface area contributed by atoms with Crippen LogP contribution in [-0.4, -0.2) is 32.0 Å². The van der Waals surface area contributed by atoms with E-state index >= 15 is 0 Å². The zero-order valence-electron chi connectivity index (χ0n) is 20.2. The van der Waals surface area contributed by atoms with Crippen molar-refractivity contribution in [1.82, 2.24) is 0 Å². The van der Waals surface area contributed by atoms with E-state index in [0.29, 0.717) is 36.0 Å². The highest BCUT2D eigenvalue weighted by molar-refractivity contribution is 5.85. The van der Waals surface area contributed by atoms with E-state index in [1.165, 1.54) is 17.2 Å². The molecule has 0 aliphatic carbocycles. The first-order valence-corrected chi connectivity index (χ1v) is 11.4. The molecule has 1 atom stereocenters. The molecule has 32 heavy (non-hydrogen) atoms. The van der Waals surface area contributed by atoms with E-state index in [9.17, 15) is 20.1 Å². The molecule has 1 aromatic carbocycles. The predicted octanol–water partition coefficient (Wildman–Crippen LogP) is 6.35. The summed E-state index contributed by atoms with van der Waals surface area (Å²) in [6.45, 7) is 9.36. The van der Waals surface area contributed by atoms with Crippen LogP contribution in [0, 0.1) is 6.92 Å². The molecular weight excluding hydrogens is 404 g/mol. The monoisotopic (exact) mass is 444 g/mol. The lowest BCUT2D eigenvalue weighted by molar-refractivity contribution is -0.132. The highest BCUT2D eigenvalue weighted by Gasteiger charge is 2.20. The molecule has 0 radical (unpaired) electrons. The number of hydrogen-bond donors (Lipinski definition) is 4. The smallest absolute Gasteiger partial charge is 0.330 e. The van der Waals surface area contributed by atoms with E-state index < -0.39 is 11.6 Å². The van der Waals surface area contributed by atoms with Gasteiger partial charge in [-0.1, -0.05) is 29.4 Å². The number of hydrogen-bond acceptors (Lipinski definition) is 4. The summed E-state index contributed by atoms with van der Waals surface area (Å²) < 4.78 is 0. The summed E-state index contributed by atoms with van der Waals surface area (Å²) in [6.07, 6.45) is 12.1. The van der Waals surface area contributed by atoms with Gasteiger partial charge in [-0.2, -0.15) is 0 Å². The fourth-order valence-corrected chi connectivity index (χ4v) is 3.54. The number of carbonyl (C=O) groups is 1. The van der Waals surface area contributed by atoms with Crippen LogP contribution in [0.15, 0.2) is 47.1 Å². The highest BCUT2D eigenvalue weighted by atomic mass is 16.4. The molecule has 0 heterocycles. The number of carboxylic acid groups (broad SMARTS) is 1. The van der Waals surface area contributed by atoms with E-state index in [4.69, 9.17) is 5.11 Å². The average molecular weight is 445 g/mol. The second-order valence-electron chi connectivity index (χ2n) is 9.18. The maximum Gasteiger partial charge on any atom is 0.330 e. The molecule has 0 aliphatic heterocycles. The molecule has 0 aliphatic rings. The van der Waals surface area contributed by atoms with Gasteiger partial charge in [0, 0.05) is 5.57 Å². The summed E-state index contributed by atoms with van der Waals surface area (Å²) in [7, 11) is 0. The van der Waals surface area contributed by atoms with Crippen LogP contribution in [0.1, 0.15) is 83.8 Å². The maximum atomic E-state index is 10.8. The van der Waals surface area contributed by atoms with E-state index in [1.807, 2.05) is 6.92 Å². The van der Waals surface area contributed by atoms with Crippen LogP contribution >= 0.6 is 0 Å². The van der Waals surface area contributed by atoms with Crippen LogP contribution in [0.4, 0.5) is 0 Å². The van der Waals surface area contributed by atoms with Gasteiger partial charge in [0.25, 0.3) is 0 Å². The van der Waals surface area contributed by atoms with Crippen molar-refractivity contribution in [3.05, 3.63) is 58.2 Å². The number of rotatable bonds is 13. The number of benzene rings is 1. The SMILES string of the molecule is C/C(=C\CC/C(C)=C/CC[C@@](C)(O)CCc1cc(O)cc(C)c1O)CC/C=C(\C)C(=O)O. The second-order valence-corrected chi connectivity index (χ2v) is 9.18. The van der Waals surface area contributed by atoms with Gasteiger partial charge < -0.3 is 20.4 Å². The van der Waals surface area contributed by atoms with Crippen molar-refractivity contribution in [3.63, 3.8) is 0 Å². The Hall–Kier alpha value is -2.53. The van der Waals surface area contributed by atoms with Gasteiger partial charge >= 0.3 is 5.97 Å². The lowest BCUT2D eigenvalue weighted by Crippen LogP contribution is -2.24. The molecule has 4 N–H and O–H groups in total. The van der Waals surface area contributed by atoms with Crippen molar-refractivity contribution in [2.45, 2.75) is 91.6 Å². The van der Waals surface area contributed by atoms with E-state index in [-0.39, 0.29) is 11.5 Å². The summed E-state index contributed by atoms with van der Waals surface area (Å²) in [4.78, 5) is 10.8. The quantitative estimate of drug-likeness (QED) is 0.161. The van der Waals surface area contributed by atoms with Crippen molar-refractivity contribution in [2.24, 2.45) is 0 Å². The second kappa shape index (κ2) is 13.1. The van der Waals surface area contributed by atoms with Gasteiger partial charge in [0.1, 0.15) is 11.5 Å². The first-order valence-electron chi connectivity index (χ1n) is 11.4. The minimum Gasteiger partial charge on any atom is -0.508 e. The molecule has 5 nitrogen and oxygen atoms in total. The fourth-order valence-electron chi connectivity index (χ4n) is 3.54. The molecule has 0 fully saturated rings. The standard InChI is InChI=1S/C27H40O5/c1-19(11-7-13-21(3)26(30)31)9-6-10-20(2)12-8-15-27(5,32)16-14-23-18-24(28)17-22(4)25(23)29/h9,12-13,17-18,28-29,32H,6-8,10-11,14-16H2,1-5H3,(H,30,31)/b19-9+,20-12+,21-13+/t27-/m1/s1. The molecule has 0 saturated carbocycles. The molecule has 0 amide bonds. The Morgan fingerprint density at radius 3 is 2.09 bits per heavy atom. The van der Waals surface area contributed by atoms with E-state index in [1.54, 1.807) is 26.0 Å². The molecule has 1 rings (SSSR count). The van der Waals surface area contributed by atoms with Gasteiger partial charge in [0.2, 0.25) is 0 Å². The normalized spacial score (nSPS) is 15.0. The number of aliphatic carboxylic acids is 1. The first kappa shape index (κ1) is 27.5. The van der Waals surface area contributed by atoms with Gasteiger partial charge in [-0.25, -0.2) is 4.79 Å². The Morgan fingerprint density at radius 2 is 1.50 bits per heavy atom. The number of phenolic OH excluding ortho intramolecular Hbond substituents is 2. The summed E-state index contributed by atoms with van der Waals surface area (Å²) in [5, 5.41) is 39.4. The maximum absolute atomic E-state index is 10.8. The number of phenols is 2. The number of aliphatic hydroxyl groups is 1. The van der Waals surface area contributed by atoms with Crippen LogP contribution in [0.5, 0.6) is 11.5 Å². The molecule has 0 saturated heterocycles. The third-order valence-corrected chi connectivity index (χ3v) is 5.83. The van der Waals surface area contributed by atoms with E-state index in [2.05, 4.69) is 26.0 Å². The van der Waals surface area contributed by atoms with Gasteiger partial charge in [-0.15, -0.1) is 0 Å². The zero-order valence-corrected chi connectivity index (χ0v) is 20.2. The molecule has 1 aromatic rings. The molecule has 0 bridgehead atoms. The molecular formula is C27H40O5. The average Bonchev–Trinajstić information content (AvgIpc) is 2.69. The Balaban J connectivity index is 2.41. The summed E-state index contributed by atoms with van der Waals surface area (Å²) in [5.41, 5.74) is 3.38. The topological polar surface area (TPSA) is 98.0 Å². The van der Waals surface area contributed by atoms with Gasteiger partial charge in [0.05, 0.1) is 5.60 Å². The van der Waals surface area contributed by atoms with Crippen LogP contribution in [-0.2, 0) is 11.2 Å². The molecule has 0 spiro atoms.